The van der Waals surface area contributed by atoms with E-state index in [1.54, 1.807) is 0 Å². The second-order valence-corrected chi connectivity index (χ2v) is 6.30. The lowest BCUT2D eigenvalue weighted by Gasteiger charge is -2.24. The minimum atomic E-state index is 0.159. The maximum absolute atomic E-state index is 12.2. The summed E-state index contributed by atoms with van der Waals surface area (Å²) in [5.41, 5.74) is 1.89. The molecule has 0 atom stereocenters. The highest BCUT2D eigenvalue weighted by molar-refractivity contribution is 8.12. The van der Waals surface area contributed by atoms with Gasteiger partial charge in [-0.3, -0.25) is 4.79 Å². The van der Waals surface area contributed by atoms with Crippen LogP contribution in [-0.2, 0) is 0 Å². The van der Waals surface area contributed by atoms with Crippen molar-refractivity contribution in [1.82, 2.24) is 4.31 Å². The summed E-state index contributed by atoms with van der Waals surface area (Å²) < 4.78 is 2.19. The fourth-order valence-corrected chi connectivity index (χ4v) is 3.18. The predicted octanol–water partition coefficient (Wildman–Crippen LogP) is 4.17. The van der Waals surface area contributed by atoms with Crippen molar-refractivity contribution < 1.29 is 4.79 Å². The molecule has 110 valence electrons. The Hall–Kier alpha value is -1.00. The summed E-state index contributed by atoms with van der Waals surface area (Å²) in [5, 5.41) is 3.52. The molecule has 0 bridgehead atoms. The van der Waals surface area contributed by atoms with Gasteiger partial charge < -0.3 is 5.32 Å². The van der Waals surface area contributed by atoms with E-state index in [0.717, 1.165) is 30.9 Å². The quantitative estimate of drug-likeness (QED) is 0.630. The van der Waals surface area contributed by atoms with Crippen LogP contribution in [0.4, 0.5) is 5.69 Å². The van der Waals surface area contributed by atoms with Gasteiger partial charge in [-0.2, -0.15) is 0 Å². The molecule has 20 heavy (non-hydrogen) atoms. The van der Waals surface area contributed by atoms with Crippen molar-refractivity contribution in [1.29, 1.82) is 0 Å². The molecular formula is C16H24N2OS. The van der Waals surface area contributed by atoms with Gasteiger partial charge in [0.15, 0.2) is 0 Å². The molecule has 3 nitrogen and oxygen atoms in total. The summed E-state index contributed by atoms with van der Waals surface area (Å²) in [5.74, 6) is 0. The molecule has 0 unspecified atom stereocenters. The monoisotopic (exact) mass is 292 g/mol. The molecule has 1 fully saturated rings. The molecule has 0 spiro atoms. The number of carbonyl (C=O) groups excluding carboxylic acids is 1. The number of benzene rings is 1. The Kier molecular flexibility index (Phi) is 6.40. The van der Waals surface area contributed by atoms with Crippen LogP contribution in [0.25, 0.3) is 0 Å². The number of unbranched alkanes of at least 4 members (excludes halogenated alkanes) is 1. The molecule has 0 aromatic heterocycles. The molecule has 0 radical (unpaired) electrons. The second-order valence-electron chi connectivity index (χ2n) is 5.23. The SMILES string of the molecule is CCCCNc1ccc(C(=O)SN2CCCCC2)cc1. The van der Waals surface area contributed by atoms with Gasteiger partial charge >= 0.3 is 0 Å². The number of nitrogens with one attached hydrogen (secondary N) is 1. The number of nitrogens with zero attached hydrogens (tertiary/aromatic N) is 1. The number of hydrogen-bond donors (Lipinski definition) is 1. The average Bonchev–Trinajstić information content (AvgIpc) is 2.49. The lowest BCUT2D eigenvalue weighted by Crippen LogP contribution is -2.24. The van der Waals surface area contributed by atoms with E-state index in [-0.39, 0.29) is 5.12 Å². The van der Waals surface area contributed by atoms with Crippen LogP contribution in [0.5, 0.6) is 0 Å². The maximum Gasteiger partial charge on any atom is 0.234 e. The van der Waals surface area contributed by atoms with Gasteiger partial charge in [-0.1, -0.05) is 19.8 Å². The van der Waals surface area contributed by atoms with Gasteiger partial charge in [-0.25, -0.2) is 4.31 Å². The van der Waals surface area contributed by atoms with Gasteiger partial charge in [0.1, 0.15) is 0 Å². The van der Waals surface area contributed by atoms with Crippen LogP contribution >= 0.6 is 11.9 Å². The molecule has 4 heteroatoms. The van der Waals surface area contributed by atoms with Crippen molar-refractivity contribution in [2.24, 2.45) is 0 Å². The van der Waals surface area contributed by atoms with Crippen molar-refractivity contribution in [2.45, 2.75) is 39.0 Å². The van der Waals surface area contributed by atoms with Crippen molar-refractivity contribution >= 4 is 22.8 Å². The van der Waals surface area contributed by atoms with E-state index in [9.17, 15) is 4.79 Å². The fourth-order valence-electron chi connectivity index (χ4n) is 2.26. The number of hydrogen-bond acceptors (Lipinski definition) is 4. The van der Waals surface area contributed by atoms with Crippen LogP contribution in [0.2, 0.25) is 0 Å². The molecule has 1 aromatic carbocycles. The first kappa shape index (κ1) is 15.4. The van der Waals surface area contributed by atoms with Crippen LogP contribution in [0, 0.1) is 0 Å². The van der Waals surface area contributed by atoms with Gasteiger partial charge in [0.2, 0.25) is 5.12 Å². The summed E-state index contributed by atoms with van der Waals surface area (Å²) in [6.45, 7) is 5.24. The number of anilines is 1. The third-order valence-corrected chi connectivity index (χ3v) is 4.53. The Bertz CT molecular complexity index is 413. The van der Waals surface area contributed by atoms with E-state index in [1.807, 2.05) is 24.3 Å². The van der Waals surface area contributed by atoms with Gasteiger partial charge in [0.25, 0.3) is 0 Å². The van der Waals surface area contributed by atoms with Crippen LogP contribution in [0.15, 0.2) is 24.3 Å². The Morgan fingerprint density at radius 2 is 1.90 bits per heavy atom. The number of piperidine rings is 1. The third kappa shape index (κ3) is 4.84. The van der Waals surface area contributed by atoms with E-state index in [1.165, 1.54) is 44.1 Å². The van der Waals surface area contributed by atoms with Crippen molar-refractivity contribution in [3.05, 3.63) is 29.8 Å². The summed E-state index contributed by atoms with van der Waals surface area (Å²) in [7, 11) is 0. The van der Waals surface area contributed by atoms with E-state index < -0.39 is 0 Å². The molecule has 2 rings (SSSR count). The smallest absolute Gasteiger partial charge is 0.234 e. The third-order valence-electron chi connectivity index (χ3n) is 3.51. The molecule has 0 saturated carbocycles. The molecule has 0 aliphatic carbocycles. The molecular weight excluding hydrogens is 268 g/mol. The van der Waals surface area contributed by atoms with Crippen LogP contribution < -0.4 is 5.32 Å². The normalized spacial score (nSPS) is 16.1. The summed E-state index contributed by atoms with van der Waals surface area (Å²) >= 11 is 1.37. The van der Waals surface area contributed by atoms with Gasteiger partial charge in [-0.05, 0) is 43.5 Å². The van der Waals surface area contributed by atoms with Crippen LogP contribution in [0.1, 0.15) is 49.4 Å². The molecule has 1 aliphatic rings. The van der Waals surface area contributed by atoms with Crippen LogP contribution in [0.3, 0.4) is 0 Å². The first-order valence-corrected chi connectivity index (χ1v) is 8.38. The summed E-state index contributed by atoms with van der Waals surface area (Å²) in [6.07, 6.45) is 6.08. The second kappa shape index (κ2) is 8.32. The maximum atomic E-state index is 12.2. The predicted molar refractivity (Wildman–Crippen MR) is 87.2 cm³/mol. The van der Waals surface area contributed by atoms with E-state index >= 15 is 0 Å². The molecule has 1 saturated heterocycles. The fraction of sp³-hybridized carbons (Fsp3) is 0.562. The highest BCUT2D eigenvalue weighted by Crippen LogP contribution is 2.22. The molecule has 0 amide bonds. The van der Waals surface area contributed by atoms with E-state index in [2.05, 4.69) is 16.5 Å². The van der Waals surface area contributed by atoms with Gasteiger partial charge in [0, 0.05) is 42.8 Å². The number of rotatable bonds is 6. The zero-order valence-electron chi connectivity index (χ0n) is 12.2. The average molecular weight is 292 g/mol. The zero-order chi connectivity index (χ0) is 14.2. The van der Waals surface area contributed by atoms with Gasteiger partial charge in [-0.15, -0.1) is 0 Å². The van der Waals surface area contributed by atoms with Crippen molar-refractivity contribution in [2.75, 3.05) is 25.0 Å². The minimum absolute atomic E-state index is 0.159. The van der Waals surface area contributed by atoms with E-state index in [4.69, 9.17) is 0 Å². The lowest BCUT2D eigenvalue weighted by atomic mass is 10.2. The highest BCUT2D eigenvalue weighted by Gasteiger charge is 2.16. The van der Waals surface area contributed by atoms with Crippen molar-refractivity contribution in [3.8, 4) is 0 Å². The zero-order valence-corrected chi connectivity index (χ0v) is 13.0. The van der Waals surface area contributed by atoms with Gasteiger partial charge in [0.05, 0.1) is 0 Å². The lowest BCUT2D eigenvalue weighted by molar-refractivity contribution is 0.108. The highest BCUT2D eigenvalue weighted by atomic mass is 32.2. The summed E-state index contributed by atoms with van der Waals surface area (Å²) in [6, 6.07) is 7.85. The molecule has 1 aromatic rings. The first-order chi connectivity index (χ1) is 9.79. The Labute approximate surface area is 126 Å². The molecule has 1 heterocycles. The Morgan fingerprint density at radius 1 is 1.20 bits per heavy atom. The van der Waals surface area contributed by atoms with Crippen molar-refractivity contribution in [3.63, 3.8) is 0 Å². The largest absolute Gasteiger partial charge is 0.385 e. The number of carbonyl (C=O) groups is 1. The molecule has 1 aliphatic heterocycles. The first-order valence-electron chi connectivity index (χ1n) is 7.61. The topological polar surface area (TPSA) is 32.3 Å². The standard InChI is InChI=1S/C16H24N2OS/c1-2-3-11-17-15-9-7-14(8-10-15)16(19)20-18-12-5-4-6-13-18/h7-10,17H,2-6,11-13H2,1H3. The minimum Gasteiger partial charge on any atom is -0.385 e. The molecule has 1 N–H and O–H groups in total. The van der Waals surface area contributed by atoms with Crippen LogP contribution in [-0.4, -0.2) is 29.1 Å². The van der Waals surface area contributed by atoms with E-state index in [0.29, 0.717) is 0 Å². The summed E-state index contributed by atoms with van der Waals surface area (Å²) in [4.78, 5) is 12.2. The Balaban J connectivity index is 1.83. The Morgan fingerprint density at radius 3 is 2.55 bits per heavy atom.